The zero-order chi connectivity index (χ0) is 13.0. The SMILES string of the molecule is CCC(Nc1ccc(N2CCCC2)cc1)C(=O)O. The summed E-state index contributed by atoms with van der Waals surface area (Å²) < 4.78 is 0. The molecule has 2 rings (SSSR count). The maximum absolute atomic E-state index is 10.9. The molecule has 0 radical (unpaired) electrons. The molecule has 98 valence electrons. The minimum atomic E-state index is -0.805. The molecule has 4 heteroatoms. The van der Waals surface area contributed by atoms with E-state index >= 15 is 0 Å². The molecule has 1 aromatic rings. The molecule has 1 aliphatic heterocycles. The van der Waals surface area contributed by atoms with E-state index in [-0.39, 0.29) is 0 Å². The number of hydrogen-bond acceptors (Lipinski definition) is 3. The molecule has 0 aliphatic carbocycles. The van der Waals surface area contributed by atoms with Crippen molar-refractivity contribution in [2.45, 2.75) is 32.2 Å². The topological polar surface area (TPSA) is 52.6 Å². The summed E-state index contributed by atoms with van der Waals surface area (Å²) in [6.07, 6.45) is 3.09. The number of benzene rings is 1. The number of rotatable bonds is 5. The lowest BCUT2D eigenvalue weighted by atomic mass is 10.2. The van der Waals surface area contributed by atoms with Crippen molar-refractivity contribution in [1.82, 2.24) is 0 Å². The number of carbonyl (C=O) groups is 1. The van der Waals surface area contributed by atoms with Gasteiger partial charge in [-0.3, -0.25) is 0 Å². The second-order valence-corrected chi connectivity index (χ2v) is 4.68. The van der Waals surface area contributed by atoms with Gasteiger partial charge in [0, 0.05) is 24.5 Å². The fourth-order valence-corrected chi connectivity index (χ4v) is 2.28. The van der Waals surface area contributed by atoms with Crippen molar-refractivity contribution in [2.75, 3.05) is 23.3 Å². The summed E-state index contributed by atoms with van der Waals surface area (Å²) in [6, 6.07) is 7.52. The van der Waals surface area contributed by atoms with Gasteiger partial charge in [-0.1, -0.05) is 6.92 Å². The standard InChI is InChI=1S/C14H20N2O2/c1-2-13(14(17)18)15-11-5-7-12(8-6-11)16-9-3-4-10-16/h5-8,13,15H,2-4,9-10H2,1H3,(H,17,18). The Kier molecular flexibility index (Phi) is 4.07. The van der Waals surface area contributed by atoms with E-state index in [1.165, 1.54) is 18.5 Å². The van der Waals surface area contributed by atoms with Crippen molar-refractivity contribution in [2.24, 2.45) is 0 Å². The summed E-state index contributed by atoms with van der Waals surface area (Å²) >= 11 is 0. The van der Waals surface area contributed by atoms with Gasteiger partial charge in [0.15, 0.2) is 0 Å². The number of nitrogens with zero attached hydrogens (tertiary/aromatic N) is 1. The van der Waals surface area contributed by atoms with Crippen LogP contribution in [-0.4, -0.2) is 30.2 Å². The van der Waals surface area contributed by atoms with E-state index in [1.807, 2.05) is 19.1 Å². The van der Waals surface area contributed by atoms with Crippen LogP contribution in [0.2, 0.25) is 0 Å². The zero-order valence-electron chi connectivity index (χ0n) is 10.7. The first kappa shape index (κ1) is 12.7. The lowest BCUT2D eigenvalue weighted by molar-refractivity contribution is -0.137. The molecule has 1 aromatic carbocycles. The molecule has 1 atom stereocenters. The molecule has 1 heterocycles. The summed E-state index contributed by atoms with van der Waals surface area (Å²) in [5, 5.41) is 12.0. The van der Waals surface area contributed by atoms with Crippen LogP contribution in [0.1, 0.15) is 26.2 Å². The van der Waals surface area contributed by atoms with Crippen LogP contribution in [0.5, 0.6) is 0 Å². The van der Waals surface area contributed by atoms with Crippen LogP contribution in [0.15, 0.2) is 24.3 Å². The number of nitrogens with one attached hydrogen (secondary N) is 1. The highest BCUT2D eigenvalue weighted by Gasteiger charge is 2.15. The van der Waals surface area contributed by atoms with E-state index in [0.717, 1.165) is 18.8 Å². The lowest BCUT2D eigenvalue weighted by Crippen LogP contribution is -2.28. The predicted molar refractivity (Wildman–Crippen MR) is 73.2 cm³/mol. The maximum Gasteiger partial charge on any atom is 0.326 e. The Hall–Kier alpha value is -1.71. The van der Waals surface area contributed by atoms with Crippen molar-refractivity contribution in [1.29, 1.82) is 0 Å². The average molecular weight is 248 g/mol. The average Bonchev–Trinajstić information content (AvgIpc) is 2.90. The zero-order valence-corrected chi connectivity index (χ0v) is 10.7. The van der Waals surface area contributed by atoms with E-state index in [4.69, 9.17) is 5.11 Å². The number of anilines is 2. The lowest BCUT2D eigenvalue weighted by Gasteiger charge is -2.19. The number of carboxylic acids is 1. The molecule has 2 N–H and O–H groups in total. The number of carboxylic acid groups (broad SMARTS) is 1. The highest BCUT2D eigenvalue weighted by atomic mass is 16.4. The van der Waals surface area contributed by atoms with Crippen molar-refractivity contribution in [3.63, 3.8) is 0 Å². The van der Waals surface area contributed by atoms with Gasteiger partial charge in [-0.2, -0.15) is 0 Å². The van der Waals surface area contributed by atoms with E-state index in [9.17, 15) is 4.79 Å². The Morgan fingerprint density at radius 1 is 1.33 bits per heavy atom. The van der Waals surface area contributed by atoms with Crippen LogP contribution in [0.4, 0.5) is 11.4 Å². The molecule has 0 amide bonds. The van der Waals surface area contributed by atoms with E-state index in [2.05, 4.69) is 22.3 Å². The fourth-order valence-electron chi connectivity index (χ4n) is 2.28. The Morgan fingerprint density at radius 3 is 2.44 bits per heavy atom. The number of hydrogen-bond donors (Lipinski definition) is 2. The second kappa shape index (κ2) is 5.76. The Labute approximate surface area is 108 Å². The van der Waals surface area contributed by atoms with Gasteiger partial charge in [0.25, 0.3) is 0 Å². The largest absolute Gasteiger partial charge is 0.480 e. The molecular formula is C14H20N2O2. The summed E-state index contributed by atoms with van der Waals surface area (Å²) in [6.45, 7) is 4.11. The van der Waals surface area contributed by atoms with Gasteiger partial charge in [0.2, 0.25) is 0 Å². The fraction of sp³-hybridized carbons (Fsp3) is 0.500. The van der Waals surface area contributed by atoms with Crippen LogP contribution in [0.25, 0.3) is 0 Å². The minimum absolute atomic E-state index is 0.511. The van der Waals surface area contributed by atoms with E-state index in [1.54, 1.807) is 0 Å². The summed E-state index contributed by atoms with van der Waals surface area (Å²) in [5.41, 5.74) is 2.09. The first-order valence-electron chi connectivity index (χ1n) is 6.55. The molecule has 0 aromatic heterocycles. The van der Waals surface area contributed by atoms with Crippen LogP contribution in [0, 0.1) is 0 Å². The van der Waals surface area contributed by atoms with Gasteiger partial charge in [0.05, 0.1) is 0 Å². The first-order valence-corrected chi connectivity index (χ1v) is 6.55. The highest BCUT2D eigenvalue weighted by molar-refractivity contribution is 5.77. The third kappa shape index (κ3) is 2.94. The monoisotopic (exact) mass is 248 g/mol. The minimum Gasteiger partial charge on any atom is -0.480 e. The molecule has 1 saturated heterocycles. The second-order valence-electron chi connectivity index (χ2n) is 4.68. The molecule has 0 bridgehead atoms. The van der Waals surface area contributed by atoms with Crippen LogP contribution in [-0.2, 0) is 4.79 Å². The molecule has 1 fully saturated rings. The highest BCUT2D eigenvalue weighted by Crippen LogP contribution is 2.22. The Balaban J connectivity index is 2.00. The molecular weight excluding hydrogens is 228 g/mol. The van der Waals surface area contributed by atoms with Gasteiger partial charge in [-0.25, -0.2) is 4.79 Å². The van der Waals surface area contributed by atoms with Gasteiger partial charge in [-0.05, 0) is 43.5 Å². The molecule has 1 unspecified atom stereocenters. The summed E-state index contributed by atoms with van der Waals surface area (Å²) in [7, 11) is 0. The first-order chi connectivity index (χ1) is 8.70. The van der Waals surface area contributed by atoms with Gasteiger partial charge < -0.3 is 15.3 Å². The van der Waals surface area contributed by atoms with Crippen molar-refractivity contribution in [3.05, 3.63) is 24.3 Å². The quantitative estimate of drug-likeness (QED) is 0.841. The van der Waals surface area contributed by atoms with Gasteiger partial charge in [-0.15, -0.1) is 0 Å². The normalized spacial score (nSPS) is 16.6. The van der Waals surface area contributed by atoms with E-state index < -0.39 is 12.0 Å². The van der Waals surface area contributed by atoms with Crippen molar-refractivity contribution >= 4 is 17.3 Å². The Morgan fingerprint density at radius 2 is 1.94 bits per heavy atom. The molecule has 0 spiro atoms. The smallest absolute Gasteiger partial charge is 0.326 e. The number of aliphatic carboxylic acids is 1. The van der Waals surface area contributed by atoms with Crippen LogP contribution < -0.4 is 10.2 Å². The molecule has 0 saturated carbocycles. The third-order valence-electron chi connectivity index (χ3n) is 3.39. The molecule has 18 heavy (non-hydrogen) atoms. The molecule has 4 nitrogen and oxygen atoms in total. The predicted octanol–water partition coefficient (Wildman–Crippen LogP) is 2.56. The van der Waals surface area contributed by atoms with Crippen molar-refractivity contribution < 1.29 is 9.90 Å². The summed E-state index contributed by atoms with van der Waals surface area (Å²) in [4.78, 5) is 13.3. The van der Waals surface area contributed by atoms with Crippen molar-refractivity contribution in [3.8, 4) is 0 Å². The van der Waals surface area contributed by atoms with Gasteiger partial charge in [0.1, 0.15) is 6.04 Å². The molecule has 1 aliphatic rings. The van der Waals surface area contributed by atoms with E-state index in [0.29, 0.717) is 6.42 Å². The maximum atomic E-state index is 10.9. The van der Waals surface area contributed by atoms with Crippen LogP contribution in [0.3, 0.4) is 0 Å². The third-order valence-corrected chi connectivity index (χ3v) is 3.39. The summed E-state index contributed by atoms with van der Waals surface area (Å²) in [5.74, 6) is -0.805. The Bertz CT molecular complexity index is 397. The van der Waals surface area contributed by atoms with Gasteiger partial charge >= 0.3 is 5.97 Å². The van der Waals surface area contributed by atoms with Crippen LogP contribution >= 0.6 is 0 Å².